The van der Waals surface area contributed by atoms with Crippen molar-refractivity contribution >= 4 is 34.2 Å². The highest BCUT2D eigenvalue weighted by molar-refractivity contribution is 8.01. The molecule has 0 spiro atoms. The largest absolute Gasteiger partial charge is 0.480 e. The van der Waals surface area contributed by atoms with Crippen LogP contribution in [-0.2, 0) is 4.79 Å². The van der Waals surface area contributed by atoms with Crippen LogP contribution < -0.4 is 10.2 Å². The Labute approximate surface area is 133 Å². The Morgan fingerprint density at radius 3 is 2.76 bits per heavy atom. The second kappa shape index (κ2) is 6.93. The van der Waals surface area contributed by atoms with Crippen LogP contribution in [0.15, 0.2) is 4.34 Å². The van der Waals surface area contributed by atoms with Crippen LogP contribution >= 0.6 is 23.1 Å². The second-order valence-corrected chi connectivity index (χ2v) is 8.05. The molecule has 8 heteroatoms. The maximum atomic E-state index is 11.4. The molecule has 21 heavy (non-hydrogen) atoms. The van der Waals surface area contributed by atoms with Gasteiger partial charge < -0.3 is 10.0 Å². The van der Waals surface area contributed by atoms with Gasteiger partial charge in [-0.1, -0.05) is 23.1 Å². The Kier molecular flexibility index (Phi) is 5.45. The molecule has 1 aromatic heterocycles. The highest BCUT2D eigenvalue weighted by Crippen LogP contribution is 2.29. The van der Waals surface area contributed by atoms with Crippen LogP contribution in [0, 0.1) is 0 Å². The molecule has 1 aromatic rings. The van der Waals surface area contributed by atoms with Crippen LogP contribution in [0.3, 0.4) is 0 Å². The monoisotopic (exact) mass is 330 g/mol. The third kappa shape index (κ3) is 4.82. The van der Waals surface area contributed by atoms with E-state index in [0.29, 0.717) is 12.5 Å². The van der Waals surface area contributed by atoms with E-state index in [0.717, 1.165) is 34.5 Å². The van der Waals surface area contributed by atoms with Gasteiger partial charge in [0.05, 0.1) is 0 Å². The molecule has 1 atom stereocenters. The van der Waals surface area contributed by atoms with Gasteiger partial charge in [-0.2, -0.15) is 0 Å². The Morgan fingerprint density at radius 2 is 2.24 bits per heavy atom. The number of carbonyl (C=O) groups is 1. The van der Waals surface area contributed by atoms with E-state index in [4.69, 9.17) is 0 Å². The van der Waals surface area contributed by atoms with Crippen LogP contribution in [0.1, 0.15) is 32.6 Å². The van der Waals surface area contributed by atoms with Crippen molar-refractivity contribution < 1.29 is 9.90 Å². The first-order valence-corrected chi connectivity index (χ1v) is 8.85. The molecule has 0 radical (unpaired) electrons. The lowest BCUT2D eigenvalue weighted by Crippen LogP contribution is -2.50. The summed E-state index contributed by atoms with van der Waals surface area (Å²) in [6, 6.07) is 0.393. The van der Waals surface area contributed by atoms with Gasteiger partial charge in [-0.25, -0.2) is 0 Å². The molecule has 2 N–H and O–H groups in total. The Bertz CT molecular complexity index is 490. The quantitative estimate of drug-likeness (QED) is 0.530. The molecule has 0 aromatic carbocycles. The van der Waals surface area contributed by atoms with Crippen molar-refractivity contribution in [2.75, 3.05) is 24.7 Å². The zero-order valence-electron chi connectivity index (χ0n) is 12.6. The number of carboxylic acid groups (broad SMARTS) is 1. The number of hydrogen-bond donors (Lipinski definition) is 2. The Balaban J connectivity index is 1.75. The SMILES string of the molecule is CN(C)c1nnc(SCCCC(C)(NC2CC2)C(=O)O)s1. The first kappa shape index (κ1) is 16.5. The van der Waals surface area contributed by atoms with Crippen molar-refractivity contribution in [3.8, 4) is 0 Å². The number of thioether (sulfide) groups is 1. The number of aromatic nitrogens is 2. The summed E-state index contributed by atoms with van der Waals surface area (Å²) in [4.78, 5) is 13.4. The van der Waals surface area contributed by atoms with Gasteiger partial charge in [0.25, 0.3) is 0 Å². The lowest BCUT2D eigenvalue weighted by atomic mass is 9.96. The number of anilines is 1. The molecule has 1 heterocycles. The van der Waals surface area contributed by atoms with Gasteiger partial charge in [-0.3, -0.25) is 10.1 Å². The average Bonchev–Trinajstić information content (AvgIpc) is 3.08. The van der Waals surface area contributed by atoms with E-state index in [1.54, 1.807) is 30.0 Å². The zero-order chi connectivity index (χ0) is 15.5. The minimum absolute atomic E-state index is 0.393. The van der Waals surface area contributed by atoms with E-state index >= 15 is 0 Å². The molecule has 0 bridgehead atoms. The first-order chi connectivity index (χ1) is 9.90. The van der Waals surface area contributed by atoms with Crippen molar-refractivity contribution in [1.29, 1.82) is 0 Å². The second-order valence-electron chi connectivity index (χ2n) is 5.75. The highest BCUT2D eigenvalue weighted by atomic mass is 32.2. The fraction of sp³-hybridized carbons (Fsp3) is 0.769. The molecule has 2 rings (SSSR count). The minimum Gasteiger partial charge on any atom is -0.480 e. The van der Waals surface area contributed by atoms with Gasteiger partial charge >= 0.3 is 5.97 Å². The number of nitrogens with zero attached hydrogens (tertiary/aromatic N) is 3. The molecule has 0 saturated heterocycles. The van der Waals surface area contributed by atoms with Gasteiger partial charge in [0, 0.05) is 25.9 Å². The smallest absolute Gasteiger partial charge is 0.323 e. The molecule has 6 nitrogen and oxygen atoms in total. The molecular weight excluding hydrogens is 308 g/mol. The lowest BCUT2D eigenvalue weighted by molar-refractivity contribution is -0.144. The highest BCUT2D eigenvalue weighted by Gasteiger charge is 2.37. The van der Waals surface area contributed by atoms with Gasteiger partial charge in [0.15, 0.2) is 4.34 Å². The normalized spacial score (nSPS) is 17.5. The van der Waals surface area contributed by atoms with Gasteiger partial charge in [-0.15, -0.1) is 10.2 Å². The molecule has 0 amide bonds. The molecule has 1 unspecified atom stereocenters. The molecular formula is C13H22N4O2S2. The minimum atomic E-state index is -0.808. The van der Waals surface area contributed by atoms with E-state index < -0.39 is 11.5 Å². The van der Waals surface area contributed by atoms with Crippen molar-refractivity contribution in [3.63, 3.8) is 0 Å². The third-order valence-corrected chi connectivity index (χ3v) is 5.71. The Hall–Kier alpha value is -0.860. The summed E-state index contributed by atoms with van der Waals surface area (Å²) in [5.74, 6) is 0.0993. The van der Waals surface area contributed by atoms with Crippen molar-refractivity contribution in [2.45, 2.75) is 48.5 Å². The summed E-state index contributed by atoms with van der Waals surface area (Å²) in [5.41, 5.74) is -0.808. The fourth-order valence-electron chi connectivity index (χ4n) is 1.95. The predicted octanol–water partition coefficient (Wildman–Crippen LogP) is 2.07. The molecule has 118 valence electrons. The summed E-state index contributed by atoms with van der Waals surface area (Å²) in [6.45, 7) is 1.79. The van der Waals surface area contributed by atoms with E-state index in [1.165, 1.54) is 0 Å². The van der Waals surface area contributed by atoms with E-state index in [9.17, 15) is 9.90 Å². The molecule has 1 aliphatic rings. The van der Waals surface area contributed by atoms with Gasteiger partial charge in [-0.05, 0) is 32.6 Å². The van der Waals surface area contributed by atoms with E-state index in [2.05, 4.69) is 15.5 Å². The molecule has 1 saturated carbocycles. The maximum Gasteiger partial charge on any atom is 0.323 e. The predicted molar refractivity (Wildman–Crippen MR) is 86.4 cm³/mol. The first-order valence-electron chi connectivity index (χ1n) is 7.05. The van der Waals surface area contributed by atoms with Crippen molar-refractivity contribution in [3.05, 3.63) is 0 Å². The average molecular weight is 330 g/mol. The summed E-state index contributed by atoms with van der Waals surface area (Å²) >= 11 is 3.20. The van der Waals surface area contributed by atoms with Gasteiger partial charge in [0.1, 0.15) is 5.54 Å². The number of nitrogens with one attached hydrogen (secondary N) is 1. The molecule has 1 fully saturated rings. The zero-order valence-corrected chi connectivity index (χ0v) is 14.3. The van der Waals surface area contributed by atoms with Crippen LogP contribution in [0.5, 0.6) is 0 Å². The summed E-state index contributed by atoms with van der Waals surface area (Å²) in [6.07, 6.45) is 3.65. The standard InChI is InChI=1S/C13H22N4O2S2/c1-13(10(18)19,14-9-5-6-9)7-4-8-20-12-16-15-11(21-12)17(2)3/h9,14H,4-8H2,1-3H3,(H,18,19). The van der Waals surface area contributed by atoms with Crippen LogP contribution in [0.4, 0.5) is 5.13 Å². The number of aliphatic carboxylic acids is 1. The third-order valence-electron chi connectivity index (χ3n) is 3.40. The van der Waals surface area contributed by atoms with Crippen molar-refractivity contribution in [2.24, 2.45) is 0 Å². The Morgan fingerprint density at radius 1 is 1.52 bits per heavy atom. The van der Waals surface area contributed by atoms with Crippen LogP contribution in [0.25, 0.3) is 0 Å². The maximum absolute atomic E-state index is 11.4. The van der Waals surface area contributed by atoms with Gasteiger partial charge in [0.2, 0.25) is 5.13 Å². The summed E-state index contributed by atoms with van der Waals surface area (Å²) < 4.78 is 0.936. The fourth-order valence-corrected chi connectivity index (χ4v) is 3.72. The summed E-state index contributed by atoms with van der Waals surface area (Å²) in [7, 11) is 3.88. The summed E-state index contributed by atoms with van der Waals surface area (Å²) in [5, 5.41) is 21.7. The molecule has 1 aliphatic carbocycles. The number of rotatable bonds is 9. The van der Waals surface area contributed by atoms with E-state index in [1.807, 2.05) is 19.0 Å². The number of hydrogen-bond acceptors (Lipinski definition) is 7. The van der Waals surface area contributed by atoms with Crippen LogP contribution in [-0.4, -0.2) is 52.7 Å². The van der Waals surface area contributed by atoms with E-state index in [-0.39, 0.29) is 0 Å². The van der Waals surface area contributed by atoms with Crippen molar-refractivity contribution in [1.82, 2.24) is 15.5 Å². The molecule has 0 aliphatic heterocycles. The lowest BCUT2D eigenvalue weighted by Gasteiger charge is -2.26. The number of carboxylic acids is 1. The topological polar surface area (TPSA) is 78.4 Å². The van der Waals surface area contributed by atoms with Crippen LogP contribution in [0.2, 0.25) is 0 Å².